The Kier molecular flexibility index (Phi) is 3.16. The molecule has 1 saturated heterocycles. The van der Waals surface area contributed by atoms with Crippen LogP contribution < -0.4 is 0 Å². The van der Waals surface area contributed by atoms with Crippen molar-refractivity contribution in [2.75, 3.05) is 6.54 Å². The van der Waals surface area contributed by atoms with Gasteiger partial charge in [-0.3, -0.25) is 4.90 Å². The van der Waals surface area contributed by atoms with Crippen molar-refractivity contribution in [2.24, 2.45) is 0 Å². The molecule has 0 aromatic carbocycles. The molecule has 0 aliphatic carbocycles. The summed E-state index contributed by atoms with van der Waals surface area (Å²) in [5.74, 6) is 0. The molecule has 2 aromatic rings. The van der Waals surface area contributed by atoms with Crippen molar-refractivity contribution in [3.8, 4) is 0 Å². The second kappa shape index (κ2) is 4.67. The van der Waals surface area contributed by atoms with E-state index in [1.807, 2.05) is 12.1 Å². The maximum Gasteiger partial charge on any atom is 0.151 e. The highest BCUT2D eigenvalue weighted by Gasteiger charge is 2.29. The number of rotatable bonds is 2. The molecule has 1 fully saturated rings. The van der Waals surface area contributed by atoms with Crippen molar-refractivity contribution in [2.45, 2.75) is 38.8 Å². The normalized spacial score (nSPS) is 21.2. The van der Waals surface area contributed by atoms with E-state index >= 15 is 0 Å². The quantitative estimate of drug-likeness (QED) is 0.844. The van der Waals surface area contributed by atoms with Crippen LogP contribution in [-0.4, -0.2) is 26.9 Å². The Morgan fingerprint density at radius 3 is 3.00 bits per heavy atom. The third-order valence-electron chi connectivity index (χ3n) is 3.75. The van der Waals surface area contributed by atoms with Gasteiger partial charge in [0.1, 0.15) is 0 Å². The first kappa shape index (κ1) is 12.2. The standard InChI is InChI=1S/C14H18BrN3/c1-10(2)18-8-4-6-13(18)12-9-17-7-3-5-11(15)14(17)16-12/h3,5,7,9-10,13H,4,6,8H2,1-2H3. The average molecular weight is 308 g/mol. The van der Waals surface area contributed by atoms with Crippen molar-refractivity contribution >= 4 is 21.6 Å². The molecule has 4 heteroatoms. The lowest BCUT2D eigenvalue weighted by atomic mass is 10.1. The smallest absolute Gasteiger partial charge is 0.151 e. The first-order valence-corrected chi connectivity index (χ1v) is 7.35. The second-order valence-corrected chi connectivity index (χ2v) is 6.10. The van der Waals surface area contributed by atoms with E-state index in [1.165, 1.54) is 25.1 Å². The third kappa shape index (κ3) is 1.97. The van der Waals surface area contributed by atoms with E-state index in [-0.39, 0.29) is 0 Å². The van der Waals surface area contributed by atoms with Gasteiger partial charge in [-0.15, -0.1) is 0 Å². The summed E-state index contributed by atoms with van der Waals surface area (Å²) >= 11 is 3.57. The number of halogens is 1. The highest BCUT2D eigenvalue weighted by Crippen LogP contribution is 2.33. The Labute approximate surface area is 116 Å². The molecule has 1 unspecified atom stereocenters. The SMILES string of the molecule is CC(C)N1CCCC1c1cn2cccc(Br)c2n1. The lowest BCUT2D eigenvalue weighted by molar-refractivity contribution is 0.202. The topological polar surface area (TPSA) is 20.5 Å². The summed E-state index contributed by atoms with van der Waals surface area (Å²) in [5.41, 5.74) is 2.22. The van der Waals surface area contributed by atoms with Gasteiger partial charge < -0.3 is 4.40 Å². The molecule has 0 saturated carbocycles. The molecular formula is C14H18BrN3. The molecule has 96 valence electrons. The van der Waals surface area contributed by atoms with Crippen LogP contribution in [0.25, 0.3) is 5.65 Å². The maximum atomic E-state index is 4.80. The Balaban J connectivity index is 2.01. The maximum absolute atomic E-state index is 4.80. The summed E-state index contributed by atoms with van der Waals surface area (Å²) in [7, 11) is 0. The van der Waals surface area contributed by atoms with Gasteiger partial charge in [0.05, 0.1) is 16.2 Å². The van der Waals surface area contributed by atoms with E-state index in [0.29, 0.717) is 12.1 Å². The van der Waals surface area contributed by atoms with Crippen LogP contribution in [0.1, 0.15) is 38.4 Å². The monoisotopic (exact) mass is 307 g/mol. The molecule has 3 nitrogen and oxygen atoms in total. The fraction of sp³-hybridized carbons (Fsp3) is 0.500. The van der Waals surface area contributed by atoms with Crippen molar-refractivity contribution in [1.29, 1.82) is 0 Å². The number of likely N-dealkylation sites (tertiary alicyclic amines) is 1. The van der Waals surface area contributed by atoms with E-state index in [9.17, 15) is 0 Å². The van der Waals surface area contributed by atoms with Crippen LogP contribution in [0.4, 0.5) is 0 Å². The second-order valence-electron chi connectivity index (χ2n) is 5.24. The molecule has 0 spiro atoms. The first-order valence-electron chi connectivity index (χ1n) is 6.55. The van der Waals surface area contributed by atoms with Crippen LogP contribution in [0.5, 0.6) is 0 Å². The first-order chi connectivity index (χ1) is 8.66. The lowest BCUT2D eigenvalue weighted by Crippen LogP contribution is -2.30. The summed E-state index contributed by atoms with van der Waals surface area (Å²) in [5, 5.41) is 0. The predicted molar refractivity (Wildman–Crippen MR) is 76.7 cm³/mol. The zero-order valence-corrected chi connectivity index (χ0v) is 12.4. The Morgan fingerprint density at radius 1 is 1.44 bits per heavy atom. The molecule has 3 heterocycles. The molecule has 1 aliphatic rings. The zero-order valence-electron chi connectivity index (χ0n) is 10.8. The fourth-order valence-corrected chi connectivity index (χ4v) is 3.33. The summed E-state index contributed by atoms with van der Waals surface area (Å²) in [6.07, 6.45) is 6.73. The van der Waals surface area contributed by atoms with E-state index in [4.69, 9.17) is 4.98 Å². The number of fused-ring (bicyclic) bond motifs is 1. The minimum absolute atomic E-state index is 0.483. The molecule has 18 heavy (non-hydrogen) atoms. The largest absolute Gasteiger partial charge is 0.306 e. The van der Waals surface area contributed by atoms with Gasteiger partial charge in [0.25, 0.3) is 0 Å². The van der Waals surface area contributed by atoms with Gasteiger partial charge in [0.15, 0.2) is 5.65 Å². The van der Waals surface area contributed by atoms with E-state index in [0.717, 1.165) is 10.1 Å². The predicted octanol–water partition coefficient (Wildman–Crippen LogP) is 3.64. The average Bonchev–Trinajstić information content (AvgIpc) is 2.95. The molecular weight excluding hydrogens is 290 g/mol. The van der Waals surface area contributed by atoms with Gasteiger partial charge in [-0.1, -0.05) is 0 Å². The van der Waals surface area contributed by atoms with Crippen LogP contribution in [0.15, 0.2) is 29.0 Å². The van der Waals surface area contributed by atoms with Crippen LogP contribution in [0, 0.1) is 0 Å². The van der Waals surface area contributed by atoms with Crippen molar-refractivity contribution in [1.82, 2.24) is 14.3 Å². The molecule has 0 N–H and O–H groups in total. The van der Waals surface area contributed by atoms with Crippen molar-refractivity contribution < 1.29 is 0 Å². The van der Waals surface area contributed by atoms with E-state index < -0.39 is 0 Å². The van der Waals surface area contributed by atoms with Crippen LogP contribution in [0.2, 0.25) is 0 Å². The van der Waals surface area contributed by atoms with Crippen molar-refractivity contribution in [3.63, 3.8) is 0 Å². The minimum atomic E-state index is 0.483. The number of pyridine rings is 1. The molecule has 1 aliphatic heterocycles. The summed E-state index contributed by atoms with van der Waals surface area (Å²) < 4.78 is 3.17. The third-order valence-corrected chi connectivity index (χ3v) is 4.37. The van der Waals surface area contributed by atoms with Gasteiger partial charge in [0.2, 0.25) is 0 Å². The molecule has 1 atom stereocenters. The van der Waals surface area contributed by atoms with Crippen LogP contribution in [0.3, 0.4) is 0 Å². The van der Waals surface area contributed by atoms with Crippen LogP contribution in [-0.2, 0) is 0 Å². The van der Waals surface area contributed by atoms with Crippen LogP contribution >= 0.6 is 15.9 Å². The molecule has 0 radical (unpaired) electrons. The van der Waals surface area contributed by atoms with Crippen molar-refractivity contribution in [3.05, 3.63) is 34.7 Å². The molecule has 3 rings (SSSR count). The summed E-state index contributed by atoms with van der Waals surface area (Å²) in [6, 6.07) is 5.15. The van der Waals surface area contributed by atoms with Gasteiger partial charge in [-0.2, -0.15) is 0 Å². The fourth-order valence-electron chi connectivity index (χ4n) is 2.88. The van der Waals surface area contributed by atoms with Gasteiger partial charge in [-0.05, 0) is 61.3 Å². The van der Waals surface area contributed by atoms with Gasteiger partial charge in [-0.25, -0.2) is 4.98 Å². The summed E-state index contributed by atoms with van der Waals surface area (Å²) in [6.45, 7) is 5.73. The van der Waals surface area contributed by atoms with E-state index in [1.54, 1.807) is 0 Å². The Hall–Kier alpha value is -0.870. The highest BCUT2D eigenvalue weighted by molar-refractivity contribution is 9.10. The molecule has 2 aromatic heterocycles. The number of imidazole rings is 1. The zero-order chi connectivity index (χ0) is 12.7. The number of hydrogen-bond donors (Lipinski definition) is 0. The number of hydrogen-bond acceptors (Lipinski definition) is 2. The number of nitrogens with zero attached hydrogens (tertiary/aromatic N) is 3. The van der Waals surface area contributed by atoms with E-state index in [2.05, 4.69) is 51.5 Å². The Bertz CT molecular complexity index is 561. The Morgan fingerprint density at radius 2 is 2.28 bits per heavy atom. The lowest BCUT2D eigenvalue weighted by Gasteiger charge is -2.26. The minimum Gasteiger partial charge on any atom is -0.306 e. The highest BCUT2D eigenvalue weighted by atomic mass is 79.9. The molecule has 0 amide bonds. The number of aromatic nitrogens is 2. The summed E-state index contributed by atoms with van der Waals surface area (Å²) in [4.78, 5) is 7.35. The van der Waals surface area contributed by atoms with Gasteiger partial charge in [0, 0.05) is 18.4 Å². The van der Waals surface area contributed by atoms with Gasteiger partial charge >= 0.3 is 0 Å². The molecule has 0 bridgehead atoms.